The van der Waals surface area contributed by atoms with Crippen molar-refractivity contribution in [2.75, 3.05) is 20.1 Å². The van der Waals surface area contributed by atoms with Gasteiger partial charge in [-0.3, -0.25) is 9.69 Å². The van der Waals surface area contributed by atoms with Crippen molar-refractivity contribution in [3.05, 3.63) is 24.2 Å². The van der Waals surface area contributed by atoms with Crippen molar-refractivity contribution in [1.82, 2.24) is 9.80 Å². The third-order valence-electron chi connectivity index (χ3n) is 4.33. The van der Waals surface area contributed by atoms with Crippen LogP contribution in [0.1, 0.15) is 45.0 Å². The van der Waals surface area contributed by atoms with Gasteiger partial charge in [0.15, 0.2) is 0 Å². The minimum atomic E-state index is -0.638. The summed E-state index contributed by atoms with van der Waals surface area (Å²) in [5.74, 6) is 0.731. The zero-order valence-corrected chi connectivity index (χ0v) is 13.2. The number of aliphatic hydroxyl groups excluding tert-OH is 1. The molecule has 2 atom stereocenters. The summed E-state index contributed by atoms with van der Waals surface area (Å²) < 4.78 is 5.24. The Labute approximate surface area is 126 Å². The zero-order valence-electron chi connectivity index (χ0n) is 13.2. The van der Waals surface area contributed by atoms with E-state index in [0.717, 1.165) is 19.4 Å². The molecule has 5 heteroatoms. The Morgan fingerprint density at radius 3 is 2.95 bits per heavy atom. The molecule has 0 radical (unpaired) electrons. The average molecular weight is 294 g/mol. The summed E-state index contributed by atoms with van der Waals surface area (Å²) in [6.45, 7) is 5.39. The van der Waals surface area contributed by atoms with Crippen molar-refractivity contribution in [2.45, 2.75) is 51.3 Å². The molecule has 0 saturated carbocycles. The first-order valence-electron chi connectivity index (χ1n) is 7.70. The van der Waals surface area contributed by atoms with Gasteiger partial charge in [-0.25, -0.2) is 0 Å². The van der Waals surface area contributed by atoms with Crippen LogP contribution in [0.25, 0.3) is 0 Å². The van der Waals surface area contributed by atoms with Gasteiger partial charge in [-0.1, -0.05) is 0 Å². The van der Waals surface area contributed by atoms with Crippen LogP contribution in [0.15, 0.2) is 22.8 Å². The van der Waals surface area contributed by atoms with Crippen LogP contribution in [0.3, 0.4) is 0 Å². The maximum atomic E-state index is 12.4. The lowest BCUT2D eigenvalue weighted by Crippen LogP contribution is -2.43. The van der Waals surface area contributed by atoms with E-state index in [1.54, 1.807) is 18.4 Å². The largest absolute Gasteiger partial charge is 0.467 e. The van der Waals surface area contributed by atoms with Crippen molar-refractivity contribution in [3.63, 3.8) is 0 Å². The molecule has 2 unspecified atom stereocenters. The smallest absolute Gasteiger partial charge is 0.236 e. The Bertz CT molecular complexity index is 444. The fraction of sp³-hybridized carbons (Fsp3) is 0.688. The number of hydrogen-bond acceptors (Lipinski definition) is 4. The van der Waals surface area contributed by atoms with Gasteiger partial charge >= 0.3 is 0 Å². The molecule has 1 aromatic rings. The molecule has 5 nitrogen and oxygen atoms in total. The van der Waals surface area contributed by atoms with Gasteiger partial charge in [-0.05, 0) is 45.9 Å². The SMILES string of the molecule is CC(C)N(C)CC(=O)N1CCCC1CC(O)c1ccco1. The Hall–Kier alpha value is -1.33. The van der Waals surface area contributed by atoms with Crippen molar-refractivity contribution < 1.29 is 14.3 Å². The summed E-state index contributed by atoms with van der Waals surface area (Å²) in [6, 6.07) is 4.01. The standard InChI is InChI=1S/C16H26N2O3/c1-12(2)17(3)11-16(20)18-8-4-6-13(18)10-14(19)15-7-5-9-21-15/h5,7,9,12-14,19H,4,6,8,10-11H2,1-3H3. The maximum absolute atomic E-state index is 12.4. The number of hydrogen-bond donors (Lipinski definition) is 1. The third kappa shape index (κ3) is 4.08. The number of carbonyl (C=O) groups is 1. The second kappa shape index (κ2) is 7.09. The van der Waals surface area contributed by atoms with Crippen molar-refractivity contribution in [1.29, 1.82) is 0 Å². The molecule has 1 saturated heterocycles. The molecule has 1 aliphatic heterocycles. The predicted molar refractivity (Wildman–Crippen MR) is 80.8 cm³/mol. The number of amides is 1. The van der Waals surface area contributed by atoms with Crippen molar-refractivity contribution in [2.24, 2.45) is 0 Å². The molecule has 21 heavy (non-hydrogen) atoms. The van der Waals surface area contributed by atoms with E-state index >= 15 is 0 Å². The van der Waals surface area contributed by atoms with E-state index in [1.807, 2.05) is 16.8 Å². The summed E-state index contributed by atoms with van der Waals surface area (Å²) in [5.41, 5.74) is 0. The van der Waals surface area contributed by atoms with Gasteiger partial charge in [-0.2, -0.15) is 0 Å². The van der Waals surface area contributed by atoms with Crippen LogP contribution in [0, 0.1) is 0 Å². The molecule has 1 amide bonds. The molecule has 118 valence electrons. The molecule has 1 N–H and O–H groups in total. The van der Waals surface area contributed by atoms with Gasteiger partial charge in [0, 0.05) is 25.0 Å². The van der Waals surface area contributed by atoms with E-state index < -0.39 is 6.10 Å². The highest BCUT2D eigenvalue weighted by Gasteiger charge is 2.31. The minimum absolute atomic E-state index is 0.109. The van der Waals surface area contributed by atoms with Crippen LogP contribution in [-0.4, -0.2) is 53.0 Å². The van der Waals surface area contributed by atoms with Crippen molar-refractivity contribution >= 4 is 5.91 Å². The number of likely N-dealkylation sites (tertiary alicyclic amines) is 1. The van der Waals surface area contributed by atoms with Crippen LogP contribution >= 0.6 is 0 Å². The van der Waals surface area contributed by atoms with E-state index in [4.69, 9.17) is 4.42 Å². The number of furan rings is 1. The van der Waals surface area contributed by atoms with Crippen LogP contribution in [0.5, 0.6) is 0 Å². The Morgan fingerprint density at radius 1 is 1.57 bits per heavy atom. The molecule has 1 aromatic heterocycles. The van der Waals surface area contributed by atoms with Crippen LogP contribution in [-0.2, 0) is 4.79 Å². The molecule has 2 rings (SSSR count). The van der Waals surface area contributed by atoms with Gasteiger partial charge in [0.05, 0.1) is 12.8 Å². The lowest BCUT2D eigenvalue weighted by molar-refractivity contribution is -0.133. The highest BCUT2D eigenvalue weighted by atomic mass is 16.4. The normalized spacial score (nSPS) is 20.5. The topological polar surface area (TPSA) is 56.9 Å². The summed E-state index contributed by atoms with van der Waals surface area (Å²) in [6.07, 6.45) is 3.43. The van der Waals surface area contributed by atoms with Crippen LogP contribution in [0.2, 0.25) is 0 Å². The summed E-state index contributed by atoms with van der Waals surface area (Å²) in [4.78, 5) is 16.4. The molecule has 0 bridgehead atoms. The molecule has 1 fully saturated rings. The van der Waals surface area contributed by atoms with Crippen LogP contribution < -0.4 is 0 Å². The van der Waals surface area contributed by atoms with Gasteiger partial charge < -0.3 is 14.4 Å². The summed E-state index contributed by atoms with van der Waals surface area (Å²) >= 11 is 0. The molecule has 0 spiro atoms. The first-order valence-corrected chi connectivity index (χ1v) is 7.70. The predicted octanol–water partition coefficient (Wildman–Crippen LogP) is 2.03. The molecular formula is C16H26N2O3. The van der Waals surface area contributed by atoms with E-state index in [2.05, 4.69) is 13.8 Å². The number of nitrogens with zero attached hydrogens (tertiary/aromatic N) is 2. The number of aliphatic hydroxyl groups is 1. The lowest BCUT2D eigenvalue weighted by atomic mass is 10.1. The fourth-order valence-corrected chi connectivity index (χ4v) is 2.75. The zero-order chi connectivity index (χ0) is 15.4. The number of carbonyl (C=O) groups excluding carboxylic acids is 1. The van der Waals surface area contributed by atoms with Crippen molar-refractivity contribution in [3.8, 4) is 0 Å². The highest BCUT2D eigenvalue weighted by Crippen LogP contribution is 2.27. The first-order chi connectivity index (χ1) is 9.99. The molecule has 0 aromatic carbocycles. The molecular weight excluding hydrogens is 268 g/mol. The fourth-order valence-electron chi connectivity index (χ4n) is 2.75. The third-order valence-corrected chi connectivity index (χ3v) is 4.33. The second-order valence-corrected chi connectivity index (χ2v) is 6.16. The van der Waals surface area contributed by atoms with E-state index in [0.29, 0.717) is 24.8 Å². The average Bonchev–Trinajstić information content (AvgIpc) is 3.09. The second-order valence-electron chi connectivity index (χ2n) is 6.16. The highest BCUT2D eigenvalue weighted by molar-refractivity contribution is 5.78. The first kappa shape index (κ1) is 16.0. The monoisotopic (exact) mass is 294 g/mol. The lowest BCUT2D eigenvalue weighted by Gasteiger charge is -2.29. The Balaban J connectivity index is 1.92. The number of likely N-dealkylation sites (N-methyl/N-ethyl adjacent to an activating group) is 1. The Morgan fingerprint density at radius 2 is 2.33 bits per heavy atom. The maximum Gasteiger partial charge on any atom is 0.236 e. The number of rotatable bonds is 6. The van der Waals surface area contributed by atoms with E-state index in [9.17, 15) is 9.90 Å². The summed E-state index contributed by atoms with van der Waals surface area (Å²) in [5, 5.41) is 10.2. The molecule has 2 heterocycles. The Kier molecular flexibility index (Phi) is 5.42. The van der Waals surface area contributed by atoms with Gasteiger partial charge in [0.25, 0.3) is 0 Å². The van der Waals surface area contributed by atoms with Gasteiger partial charge in [0.2, 0.25) is 5.91 Å². The quantitative estimate of drug-likeness (QED) is 0.872. The molecule has 0 aliphatic carbocycles. The van der Waals surface area contributed by atoms with Gasteiger partial charge in [-0.15, -0.1) is 0 Å². The molecule has 1 aliphatic rings. The van der Waals surface area contributed by atoms with Gasteiger partial charge in [0.1, 0.15) is 11.9 Å². The van der Waals surface area contributed by atoms with Crippen LogP contribution in [0.4, 0.5) is 0 Å². The van der Waals surface area contributed by atoms with E-state index in [1.165, 1.54) is 0 Å². The minimum Gasteiger partial charge on any atom is -0.467 e. The van der Waals surface area contributed by atoms with E-state index in [-0.39, 0.29) is 11.9 Å². The summed E-state index contributed by atoms with van der Waals surface area (Å²) in [7, 11) is 1.96.